The molecule has 3 heteroatoms. The minimum absolute atomic E-state index is 0.284. The fraction of sp³-hybridized carbons (Fsp3) is 0.875. The summed E-state index contributed by atoms with van der Waals surface area (Å²) in [6.07, 6.45) is 2.60. The van der Waals surface area contributed by atoms with E-state index >= 15 is 0 Å². The molecule has 11 heavy (non-hydrogen) atoms. The predicted molar refractivity (Wildman–Crippen MR) is 41.8 cm³/mol. The zero-order chi connectivity index (χ0) is 8.69. The Bertz CT molecular complexity index is 112. The minimum Gasteiger partial charge on any atom is -0.299 e. The highest BCUT2D eigenvalue weighted by molar-refractivity contribution is 5.68. The Morgan fingerprint density at radius 2 is 2.18 bits per heavy atom. The van der Waals surface area contributed by atoms with Crippen LogP contribution in [0.3, 0.4) is 0 Å². The van der Waals surface area contributed by atoms with Crippen molar-refractivity contribution in [3.63, 3.8) is 0 Å². The molecule has 1 unspecified atom stereocenters. The summed E-state index contributed by atoms with van der Waals surface area (Å²) < 4.78 is 0. The van der Waals surface area contributed by atoms with Crippen molar-refractivity contribution in [1.29, 1.82) is 0 Å². The Morgan fingerprint density at radius 1 is 1.55 bits per heavy atom. The predicted octanol–water partition coefficient (Wildman–Crippen LogP) is 1.92. The van der Waals surface area contributed by atoms with E-state index in [4.69, 9.17) is 0 Å². The highest BCUT2D eigenvalue weighted by atomic mass is 17.2. The smallest absolute Gasteiger partial charge is 0.299 e. The van der Waals surface area contributed by atoms with E-state index in [0.717, 1.165) is 12.8 Å². The third kappa shape index (κ3) is 5.85. The van der Waals surface area contributed by atoms with E-state index in [-0.39, 0.29) is 5.97 Å². The van der Waals surface area contributed by atoms with Gasteiger partial charge in [0.25, 0.3) is 0 Å². The van der Waals surface area contributed by atoms with E-state index < -0.39 is 0 Å². The van der Waals surface area contributed by atoms with E-state index in [1.165, 1.54) is 7.11 Å². The molecule has 0 heterocycles. The molecule has 0 aromatic rings. The summed E-state index contributed by atoms with van der Waals surface area (Å²) in [5.41, 5.74) is 0. The molecule has 3 nitrogen and oxygen atoms in total. The summed E-state index contributed by atoms with van der Waals surface area (Å²) in [7, 11) is 1.34. The van der Waals surface area contributed by atoms with Gasteiger partial charge in [0, 0.05) is 0 Å². The van der Waals surface area contributed by atoms with E-state index in [1.807, 2.05) is 6.92 Å². The van der Waals surface area contributed by atoms with Gasteiger partial charge in [0.05, 0.1) is 13.5 Å². The maximum atomic E-state index is 10.8. The highest BCUT2D eigenvalue weighted by Gasteiger charge is 2.09. The number of hydrogen-bond donors (Lipinski definition) is 0. The van der Waals surface area contributed by atoms with Crippen molar-refractivity contribution in [3.8, 4) is 0 Å². The lowest BCUT2D eigenvalue weighted by Crippen LogP contribution is -2.08. The standard InChI is InChI=1S/C8H16O3/c1-4-5-7(2)6-8(9)11-10-3/h7H,4-6H2,1-3H3. The molecular weight excluding hydrogens is 144 g/mol. The highest BCUT2D eigenvalue weighted by Crippen LogP contribution is 2.10. The fourth-order valence-corrected chi connectivity index (χ4v) is 1.01. The molecule has 0 N–H and O–H groups in total. The van der Waals surface area contributed by atoms with Gasteiger partial charge in [-0.15, -0.1) is 0 Å². The van der Waals surface area contributed by atoms with Crippen molar-refractivity contribution in [2.45, 2.75) is 33.1 Å². The minimum atomic E-state index is -0.284. The molecule has 0 bridgehead atoms. The summed E-state index contributed by atoms with van der Waals surface area (Å²) in [6, 6.07) is 0. The van der Waals surface area contributed by atoms with Crippen LogP contribution in [0, 0.1) is 5.92 Å². The second-order valence-electron chi connectivity index (χ2n) is 2.72. The molecule has 0 fully saturated rings. The normalized spacial score (nSPS) is 12.6. The quantitative estimate of drug-likeness (QED) is 0.455. The van der Waals surface area contributed by atoms with Gasteiger partial charge >= 0.3 is 5.97 Å². The SMILES string of the molecule is CCCC(C)CC(=O)OOC. The molecule has 0 saturated heterocycles. The molecule has 0 aliphatic heterocycles. The first kappa shape index (κ1) is 10.4. The number of carbonyl (C=O) groups excluding carboxylic acids is 1. The van der Waals surface area contributed by atoms with Gasteiger partial charge in [0.2, 0.25) is 0 Å². The maximum Gasteiger partial charge on any atom is 0.342 e. The Morgan fingerprint density at radius 3 is 2.64 bits per heavy atom. The molecule has 0 spiro atoms. The van der Waals surface area contributed by atoms with E-state index in [1.54, 1.807) is 0 Å². The van der Waals surface area contributed by atoms with E-state index in [9.17, 15) is 4.79 Å². The zero-order valence-electron chi connectivity index (χ0n) is 7.42. The number of rotatable bonds is 5. The third-order valence-corrected chi connectivity index (χ3v) is 1.47. The van der Waals surface area contributed by atoms with Crippen molar-refractivity contribution in [1.82, 2.24) is 0 Å². The molecule has 0 radical (unpaired) electrons. The van der Waals surface area contributed by atoms with E-state index in [0.29, 0.717) is 12.3 Å². The second kappa shape index (κ2) is 6.16. The van der Waals surface area contributed by atoms with Gasteiger partial charge in [0.15, 0.2) is 0 Å². The molecule has 0 aromatic heterocycles. The van der Waals surface area contributed by atoms with Crippen LogP contribution in [0.5, 0.6) is 0 Å². The molecule has 0 aromatic carbocycles. The molecule has 0 amide bonds. The van der Waals surface area contributed by atoms with Crippen LogP contribution in [0.4, 0.5) is 0 Å². The maximum absolute atomic E-state index is 10.8. The molecule has 0 saturated carbocycles. The van der Waals surface area contributed by atoms with Gasteiger partial charge in [-0.05, 0) is 5.92 Å². The van der Waals surface area contributed by atoms with Crippen LogP contribution in [0.1, 0.15) is 33.1 Å². The Hall–Kier alpha value is -0.570. The molecule has 66 valence electrons. The van der Waals surface area contributed by atoms with Gasteiger partial charge in [-0.25, -0.2) is 4.79 Å². The van der Waals surface area contributed by atoms with Gasteiger partial charge in [-0.3, -0.25) is 4.89 Å². The summed E-state index contributed by atoms with van der Waals surface area (Å²) in [5, 5.41) is 0. The lowest BCUT2D eigenvalue weighted by atomic mass is 10.0. The average Bonchev–Trinajstić information content (AvgIpc) is 1.87. The first-order valence-corrected chi connectivity index (χ1v) is 3.94. The number of hydrogen-bond acceptors (Lipinski definition) is 3. The van der Waals surface area contributed by atoms with Gasteiger partial charge in [-0.2, -0.15) is 4.89 Å². The lowest BCUT2D eigenvalue weighted by Gasteiger charge is -2.06. The first-order valence-electron chi connectivity index (χ1n) is 3.94. The lowest BCUT2D eigenvalue weighted by molar-refractivity contribution is -0.255. The van der Waals surface area contributed by atoms with Crippen LogP contribution in [-0.4, -0.2) is 13.1 Å². The second-order valence-corrected chi connectivity index (χ2v) is 2.72. The average molecular weight is 160 g/mol. The van der Waals surface area contributed by atoms with Crippen molar-refractivity contribution >= 4 is 5.97 Å². The summed E-state index contributed by atoms with van der Waals surface area (Å²) in [6.45, 7) is 4.12. The monoisotopic (exact) mass is 160 g/mol. The van der Waals surface area contributed by atoms with Crippen LogP contribution >= 0.6 is 0 Å². The summed E-state index contributed by atoms with van der Waals surface area (Å²) >= 11 is 0. The van der Waals surface area contributed by atoms with Crippen molar-refractivity contribution in [2.75, 3.05) is 7.11 Å². The Balaban J connectivity index is 3.40. The summed E-state index contributed by atoms with van der Waals surface area (Å²) in [5.74, 6) is 0.108. The van der Waals surface area contributed by atoms with Crippen LogP contribution in [0.2, 0.25) is 0 Å². The molecular formula is C8H16O3. The largest absolute Gasteiger partial charge is 0.342 e. The molecule has 0 aliphatic carbocycles. The van der Waals surface area contributed by atoms with Gasteiger partial charge in [0.1, 0.15) is 0 Å². The third-order valence-electron chi connectivity index (χ3n) is 1.47. The summed E-state index contributed by atoms with van der Waals surface area (Å²) in [4.78, 5) is 19.3. The zero-order valence-corrected chi connectivity index (χ0v) is 7.42. The topological polar surface area (TPSA) is 35.5 Å². The van der Waals surface area contributed by atoms with Crippen molar-refractivity contribution in [2.24, 2.45) is 5.92 Å². The number of carbonyl (C=O) groups is 1. The van der Waals surface area contributed by atoms with Gasteiger partial charge < -0.3 is 0 Å². The Labute approximate surface area is 67.6 Å². The van der Waals surface area contributed by atoms with E-state index in [2.05, 4.69) is 16.7 Å². The first-order chi connectivity index (χ1) is 5.20. The van der Waals surface area contributed by atoms with Crippen LogP contribution in [0.25, 0.3) is 0 Å². The van der Waals surface area contributed by atoms with Crippen LogP contribution < -0.4 is 0 Å². The van der Waals surface area contributed by atoms with Crippen LogP contribution in [-0.2, 0) is 14.6 Å². The van der Waals surface area contributed by atoms with Gasteiger partial charge in [-0.1, -0.05) is 26.7 Å². The Kier molecular flexibility index (Phi) is 5.84. The molecule has 1 atom stereocenters. The van der Waals surface area contributed by atoms with Crippen LogP contribution in [0.15, 0.2) is 0 Å². The molecule has 0 rings (SSSR count). The molecule has 0 aliphatic rings. The van der Waals surface area contributed by atoms with Crippen molar-refractivity contribution in [3.05, 3.63) is 0 Å². The fourth-order valence-electron chi connectivity index (χ4n) is 1.01. The van der Waals surface area contributed by atoms with Crippen molar-refractivity contribution < 1.29 is 14.6 Å².